The van der Waals surface area contributed by atoms with Crippen LogP contribution in [0, 0.1) is 13.8 Å². The average Bonchev–Trinajstić information content (AvgIpc) is 2.92. The normalized spacial score (nSPS) is 10.4. The van der Waals surface area contributed by atoms with Crippen LogP contribution in [0.3, 0.4) is 0 Å². The molecule has 0 fully saturated rings. The number of hydrogen-bond donors (Lipinski definition) is 2. The molecule has 1 amide bonds. The predicted octanol–water partition coefficient (Wildman–Crippen LogP) is 3.11. The third-order valence-corrected chi connectivity index (χ3v) is 4.38. The molecule has 2 rings (SSSR count). The summed E-state index contributed by atoms with van der Waals surface area (Å²) in [7, 11) is 1.33. The molecule has 1 aromatic heterocycles. The van der Waals surface area contributed by atoms with Crippen molar-refractivity contribution in [1.29, 1.82) is 0 Å². The summed E-state index contributed by atoms with van der Waals surface area (Å²) in [6, 6.07) is 6.05. The van der Waals surface area contributed by atoms with E-state index in [-0.39, 0.29) is 18.9 Å². The largest absolute Gasteiger partial charge is 0.465 e. The fraction of sp³-hybridized carbons (Fsp3) is 0.294. The van der Waals surface area contributed by atoms with E-state index in [4.69, 9.17) is 10.5 Å². The van der Waals surface area contributed by atoms with Gasteiger partial charge in [-0.1, -0.05) is 23.8 Å². The summed E-state index contributed by atoms with van der Waals surface area (Å²) >= 11 is 1.31. The van der Waals surface area contributed by atoms with Crippen LogP contribution >= 0.6 is 11.3 Å². The summed E-state index contributed by atoms with van der Waals surface area (Å²) in [6.45, 7) is 4.24. The molecule has 5 nitrogen and oxygen atoms in total. The number of amides is 1. The van der Waals surface area contributed by atoms with Crippen molar-refractivity contribution in [1.82, 2.24) is 0 Å². The summed E-state index contributed by atoms with van der Waals surface area (Å²) in [5.74, 6) is -0.683. The third kappa shape index (κ3) is 3.78. The molecule has 0 aliphatic heterocycles. The number of aryl methyl sites for hydroxylation is 2. The van der Waals surface area contributed by atoms with Crippen LogP contribution in [-0.2, 0) is 9.53 Å². The second kappa shape index (κ2) is 7.39. The second-order valence-electron chi connectivity index (χ2n) is 5.25. The molecular formula is C17H20N2O3S. The van der Waals surface area contributed by atoms with Crippen LogP contribution in [0.15, 0.2) is 23.6 Å². The molecule has 0 aliphatic carbocycles. The first-order valence-electron chi connectivity index (χ1n) is 7.25. The molecule has 2 aromatic rings. The van der Waals surface area contributed by atoms with Crippen molar-refractivity contribution in [2.24, 2.45) is 5.73 Å². The minimum atomic E-state index is -0.467. The number of hydrogen-bond acceptors (Lipinski definition) is 5. The molecule has 1 heterocycles. The Bertz CT molecular complexity index is 737. The van der Waals surface area contributed by atoms with E-state index >= 15 is 0 Å². The lowest BCUT2D eigenvalue weighted by Gasteiger charge is -2.10. The number of nitrogens with one attached hydrogen (secondary N) is 1. The lowest BCUT2D eigenvalue weighted by Crippen LogP contribution is -2.17. The zero-order valence-electron chi connectivity index (χ0n) is 13.4. The van der Waals surface area contributed by atoms with Gasteiger partial charge in [0.25, 0.3) is 0 Å². The van der Waals surface area contributed by atoms with Gasteiger partial charge in [-0.2, -0.15) is 0 Å². The molecule has 0 bridgehead atoms. The van der Waals surface area contributed by atoms with Crippen LogP contribution in [0.25, 0.3) is 11.1 Å². The van der Waals surface area contributed by atoms with Gasteiger partial charge in [-0.3, -0.25) is 4.79 Å². The zero-order chi connectivity index (χ0) is 17.0. The summed E-state index contributed by atoms with van der Waals surface area (Å²) in [5.41, 5.74) is 9.66. The molecule has 6 heteroatoms. The van der Waals surface area contributed by atoms with E-state index in [1.54, 1.807) is 0 Å². The third-order valence-electron chi connectivity index (χ3n) is 3.49. The highest BCUT2D eigenvalue weighted by atomic mass is 32.1. The molecule has 23 heavy (non-hydrogen) atoms. The maximum atomic E-state index is 12.2. The first-order valence-corrected chi connectivity index (χ1v) is 8.13. The molecule has 1 aromatic carbocycles. The van der Waals surface area contributed by atoms with Gasteiger partial charge >= 0.3 is 5.97 Å². The fourth-order valence-electron chi connectivity index (χ4n) is 2.30. The van der Waals surface area contributed by atoms with Gasteiger partial charge in [0.05, 0.1) is 7.11 Å². The van der Waals surface area contributed by atoms with Crippen molar-refractivity contribution in [2.75, 3.05) is 19.0 Å². The van der Waals surface area contributed by atoms with E-state index in [0.29, 0.717) is 10.6 Å². The first kappa shape index (κ1) is 17.2. The molecule has 0 spiro atoms. The Labute approximate surface area is 139 Å². The Morgan fingerprint density at radius 2 is 2.00 bits per heavy atom. The van der Waals surface area contributed by atoms with Crippen LogP contribution in [0.1, 0.15) is 27.9 Å². The van der Waals surface area contributed by atoms with Crippen molar-refractivity contribution in [3.8, 4) is 11.1 Å². The summed E-state index contributed by atoms with van der Waals surface area (Å²) in [4.78, 5) is 24.0. The van der Waals surface area contributed by atoms with Crippen LogP contribution in [0.5, 0.6) is 0 Å². The van der Waals surface area contributed by atoms with Crippen molar-refractivity contribution in [2.45, 2.75) is 20.3 Å². The van der Waals surface area contributed by atoms with E-state index < -0.39 is 5.97 Å². The molecule has 0 aliphatic rings. The Kier molecular flexibility index (Phi) is 5.52. The predicted molar refractivity (Wildman–Crippen MR) is 92.9 cm³/mol. The average molecular weight is 332 g/mol. The van der Waals surface area contributed by atoms with Gasteiger partial charge in [-0.15, -0.1) is 11.3 Å². The molecule has 0 atom stereocenters. The highest BCUT2D eigenvalue weighted by Gasteiger charge is 2.23. The SMILES string of the molecule is COC(=O)c1c(-c2cc(C)ccc2C)csc1NC(=O)CCN. The second-order valence-corrected chi connectivity index (χ2v) is 6.13. The Morgan fingerprint density at radius 3 is 2.65 bits per heavy atom. The summed E-state index contributed by atoms with van der Waals surface area (Å²) in [6.07, 6.45) is 0.206. The standard InChI is InChI=1S/C17H20N2O3S/c1-10-4-5-11(2)12(8-10)13-9-23-16(15(13)17(21)22-3)19-14(20)6-7-18/h4-5,8-9H,6-7,18H2,1-3H3,(H,19,20). The number of carbonyl (C=O) groups is 2. The molecule has 0 saturated carbocycles. The topological polar surface area (TPSA) is 81.4 Å². The maximum Gasteiger partial charge on any atom is 0.341 e. The van der Waals surface area contributed by atoms with Crippen molar-refractivity contribution in [3.05, 3.63) is 40.3 Å². The number of rotatable bonds is 5. The van der Waals surface area contributed by atoms with E-state index in [2.05, 4.69) is 5.32 Å². The van der Waals surface area contributed by atoms with Gasteiger partial charge in [-0.25, -0.2) is 4.79 Å². The number of anilines is 1. The fourth-order valence-corrected chi connectivity index (χ4v) is 3.26. The number of carbonyl (C=O) groups excluding carboxylic acids is 2. The quantitative estimate of drug-likeness (QED) is 0.824. The minimum Gasteiger partial charge on any atom is -0.465 e. The maximum absolute atomic E-state index is 12.2. The molecular weight excluding hydrogens is 312 g/mol. The smallest absolute Gasteiger partial charge is 0.341 e. The van der Waals surface area contributed by atoms with Crippen LogP contribution in [0.2, 0.25) is 0 Å². The van der Waals surface area contributed by atoms with Gasteiger partial charge in [0.2, 0.25) is 5.91 Å². The molecule has 0 radical (unpaired) electrons. The number of ether oxygens (including phenoxy) is 1. The van der Waals surface area contributed by atoms with Crippen LogP contribution in [-0.4, -0.2) is 25.5 Å². The van der Waals surface area contributed by atoms with E-state index in [1.165, 1.54) is 18.4 Å². The highest BCUT2D eigenvalue weighted by Crippen LogP contribution is 2.37. The van der Waals surface area contributed by atoms with Gasteiger partial charge in [0.15, 0.2) is 0 Å². The summed E-state index contributed by atoms with van der Waals surface area (Å²) < 4.78 is 4.90. The van der Waals surface area contributed by atoms with E-state index in [1.807, 2.05) is 37.4 Å². The molecule has 3 N–H and O–H groups in total. The van der Waals surface area contributed by atoms with E-state index in [0.717, 1.165) is 22.3 Å². The Morgan fingerprint density at radius 1 is 1.26 bits per heavy atom. The van der Waals surface area contributed by atoms with E-state index in [9.17, 15) is 9.59 Å². The van der Waals surface area contributed by atoms with Crippen LogP contribution < -0.4 is 11.1 Å². The molecule has 0 unspecified atom stereocenters. The van der Waals surface area contributed by atoms with Gasteiger partial charge in [-0.05, 0) is 25.0 Å². The monoisotopic (exact) mass is 332 g/mol. The number of benzene rings is 1. The zero-order valence-corrected chi connectivity index (χ0v) is 14.3. The van der Waals surface area contributed by atoms with Crippen molar-refractivity contribution in [3.63, 3.8) is 0 Å². The number of methoxy groups -OCH3 is 1. The molecule has 0 saturated heterocycles. The van der Waals surface area contributed by atoms with Crippen molar-refractivity contribution >= 4 is 28.2 Å². The molecule has 122 valence electrons. The van der Waals surface area contributed by atoms with Gasteiger partial charge in [0, 0.05) is 23.9 Å². The van der Waals surface area contributed by atoms with Gasteiger partial charge in [0.1, 0.15) is 10.6 Å². The van der Waals surface area contributed by atoms with Crippen LogP contribution in [0.4, 0.5) is 5.00 Å². The first-order chi connectivity index (χ1) is 11.0. The Balaban J connectivity index is 2.52. The lowest BCUT2D eigenvalue weighted by molar-refractivity contribution is -0.116. The highest BCUT2D eigenvalue weighted by molar-refractivity contribution is 7.15. The number of esters is 1. The Hall–Kier alpha value is -2.18. The number of nitrogens with two attached hydrogens (primary N) is 1. The number of thiophene rings is 1. The summed E-state index contributed by atoms with van der Waals surface area (Å²) in [5, 5.41) is 5.11. The minimum absolute atomic E-state index is 0.206. The van der Waals surface area contributed by atoms with Crippen molar-refractivity contribution < 1.29 is 14.3 Å². The lowest BCUT2D eigenvalue weighted by atomic mass is 9.97. The van der Waals surface area contributed by atoms with Gasteiger partial charge < -0.3 is 15.8 Å².